The molecule has 0 N–H and O–H groups in total. The van der Waals surface area contributed by atoms with Crippen LogP contribution in [0.5, 0.6) is 0 Å². The Morgan fingerprint density at radius 2 is 1.78 bits per heavy atom. The monoisotopic (exact) mass is 332 g/mol. The van der Waals surface area contributed by atoms with Crippen molar-refractivity contribution in [2.45, 2.75) is 6.54 Å². The summed E-state index contributed by atoms with van der Waals surface area (Å²) in [5.41, 5.74) is 0.855. The molecule has 0 amide bonds. The van der Waals surface area contributed by atoms with E-state index < -0.39 is 11.6 Å². The fourth-order valence-corrected chi connectivity index (χ4v) is 2.10. The van der Waals surface area contributed by atoms with Gasteiger partial charge in [0, 0.05) is 16.1 Å². The van der Waals surface area contributed by atoms with E-state index >= 15 is 0 Å². The normalized spacial score (nSPS) is 10.7. The molecule has 0 spiro atoms. The predicted molar refractivity (Wildman–Crippen MR) is 81.9 cm³/mol. The number of carbonyl (C=O) groups is 1. The smallest absolute Gasteiger partial charge is 0.388 e. The number of carbonyl (C=O) groups excluding carboxylic acids is 1. The number of nitrogens with zero attached hydrogens (tertiary/aromatic N) is 2. The Balaban J connectivity index is 1.84. The number of hydrogen-bond acceptors (Lipinski definition) is 4. The zero-order valence-corrected chi connectivity index (χ0v) is 12.5. The van der Waals surface area contributed by atoms with Gasteiger partial charge >= 0.3 is 5.76 Å². The Morgan fingerprint density at radius 1 is 1.13 bits per heavy atom. The molecule has 1 aromatic heterocycles. The first kappa shape index (κ1) is 15.2. The minimum Gasteiger partial charge on any atom is -0.388 e. The second-order valence-electron chi connectivity index (χ2n) is 4.77. The summed E-state index contributed by atoms with van der Waals surface area (Å²) in [4.78, 5) is 23.9. The largest absolute Gasteiger partial charge is 0.437 e. The summed E-state index contributed by atoms with van der Waals surface area (Å²) >= 11 is 5.76. The first-order chi connectivity index (χ1) is 11.0. The second-order valence-corrected chi connectivity index (χ2v) is 5.20. The summed E-state index contributed by atoms with van der Waals surface area (Å²) in [5.74, 6) is -1.44. The third-order valence-corrected chi connectivity index (χ3v) is 3.41. The third kappa shape index (κ3) is 3.37. The van der Waals surface area contributed by atoms with Crippen molar-refractivity contribution in [2.24, 2.45) is 0 Å². The van der Waals surface area contributed by atoms with Gasteiger partial charge in [0.05, 0.1) is 0 Å². The molecule has 3 aromatic rings. The number of ketones is 1. The fourth-order valence-electron chi connectivity index (χ4n) is 1.98. The minimum absolute atomic E-state index is 0.0268. The van der Waals surface area contributed by atoms with Gasteiger partial charge in [0.1, 0.15) is 12.4 Å². The highest BCUT2D eigenvalue weighted by Crippen LogP contribution is 2.16. The Morgan fingerprint density at radius 3 is 2.43 bits per heavy atom. The van der Waals surface area contributed by atoms with Crippen LogP contribution in [0.1, 0.15) is 10.4 Å². The molecule has 0 saturated carbocycles. The van der Waals surface area contributed by atoms with Crippen LogP contribution in [0.3, 0.4) is 0 Å². The van der Waals surface area contributed by atoms with E-state index in [9.17, 15) is 14.0 Å². The van der Waals surface area contributed by atoms with Crippen molar-refractivity contribution in [1.82, 2.24) is 9.78 Å². The van der Waals surface area contributed by atoms with Gasteiger partial charge in [-0.2, -0.15) is 4.68 Å². The molecule has 0 unspecified atom stereocenters. The van der Waals surface area contributed by atoms with Gasteiger partial charge in [0.2, 0.25) is 5.89 Å². The first-order valence-electron chi connectivity index (χ1n) is 6.65. The second kappa shape index (κ2) is 6.18. The summed E-state index contributed by atoms with van der Waals surface area (Å²) in [6, 6.07) is 11.6. The predicted octanol–water partition coefficient (Wildman–Crippen LogP) is 3.18. The topological polar surface area (TPSA) is 65.1 Å². The van der Waals surface area contributed by atoms with Crippen LogP contribution in [-0.2, 0) is 6.54 Å². The molecule has 0 saturated heterocycles. The number of Topliss-reactive ketones (excluding diaryl/α,β-unsaturated/α-hetero) is 1. The van der Waals surface area contributed by atoms with Crippen LogP contribution in [0, 0.1) is 5.82 Å². The van der Waals surface area contributed by atoms with Crippen LogP contribution in [-0.4, -0.2) is 15.6 Å². The molecular weight excluding hydrogens is 323 g/mol. The van der Waals surface area contributed by atoms with Crippen LogP contribution >= 0.6 is 11.6 Å². The molecule has 0 bridgehead atoms. The summed E-state index contributed by atoms with van der Waals surface area (Å²) in [6.07, 6.45) is 0. The van der Waals surface area contributed by atoms with Crippen molar-refractivity contribution < 1.29 is 13.6 Å². The highest BCUT2D eigenvalue weighted by Gasteiger charge is 2.14. The maximum atomic E-state index is 12.9. The van der Waals surface area contributed by atoms with Crippen molar-refractivity contribution in [3.8, 4) is 11.5 Å². The van der Waals surface area contributed by atoms with E-state index in [1.165, 1.54) is 24.3 Å². The maximum absolute atomic E-state index is 12.9. The summed E-state index contributed by atoms with van der Waals surface area (Å²) in [7, 11) is 0. The minimum atomic E-state index is -0.758. The lowest BCUT2D eigenvalue weighted by Gasteiger charge is -2.00. The molecule has 23 heavy (non-hydrogen) atoms. The molecule has 1 heterocycles. The van der Waals surface area contributed by atoms with Crippen LogP contribution < -0.4 is 5.76 Å². The number of aromatic nitrogens is 2. The molecular formula is C16H10ClFN2O3. The van der Waals surface area contributed by atoms with Crippen LogP contribution in [0.25, 0.3) is 11.5 Å². The first-order valence-corrected chi connectivity index (χ1v) is 7.03. The standard InChI is InChI=1S/C16H10ClFN2O3/c17-12-5-1-10(2-6-12)14(21)9-20-16(22)23-15(19-20)11-3-7-13(18)8-4-11/h1-8H,9H2. The summed E-state index contributed by atoms with van der Waals surface area (Å²) in [6.45, 7) is -0.259. The van der Waals surface area contributed by atoms with Crippen molar-refractivity contribution in [3.63, 3.8) is 0 Å². The molecule has 116 valence electrons. The van der Waals surface area contributed by atoms with Gasteiger partial charge in [-0.05, 0) is 48.5 Å². The van der Waals surface area contributed by atoms with E-state index in [4.69, 9.17) is 16.0 Å². The van der Waals surface area contributed by atoms with Crippen molar-refractivity contribution in [3.05, 3.63) is 75.5 Å². The van der Waals surface area contributed by atoms with Crippen LogP contribution in [0.2, 0.25) is 5.02 Å². The quantitative estimate of drug-likeness (QED) is 0.688. The van der Waals surface area contributed by atoms with E-state index in [0.29, 0.717) is 16.1 Å². The van der Waals surface area contributed by atoms with Gasteiger partial charge in [-0.1, -0.05) is 11.6 Å². The number of benzene rings is 2. The van der Waals surface area contributed by atoms with Gasteiger partial charge < -0.3 is 4.42 Å². The highest BCUT2D eigenvalue weighted by atomic mass is 35.5. The Labute approximate surface area is 134 Å². The fraction of sp³-hybridized carbons (Fsp3) is 0.0625. The molecule has 0 atom stereocenters. The molecule has 0 fully saturated rings. The Bertz CT molecular complexity index is 898. The lowest BCUT2D eigenvalue weighted by Crippen LogP contribution is -2.21. The average Bonchev–Trinajstić information content (AvgIpc) is 2.89. The lowest BCUT2D eigenvalue weighted by molar-refractivity contribution is 0.0965. The van der Waals surface area contributed by atoms with Gasteiger partial charge in [-0.25, -0.2) is 9.18 Å². The number of hydrogen-bond donors (Lipinski definition) is 0. The number of halogens is 2. The van der Waals surface area contributed by atoms with Gasteiger partial charge in [0.15, 0.2) is 5.78 Å². The zero-order chi connectivity index (χ0) is 16.4. The highest BCUT2D eigenvalue weighted by molar-refractivity contribution is 6.30. The van der Waals surface area contributed by atoms with E-state index in [2.05, 4.69) is 5.10 Å². The molecule has 0 aliphatic carbocycles. The number of rotatable bonds is 4. The Hall–Kier alpha value is -2.73. The van der Waals surface area contributed by atoms with Gasteiger partial charge in [-0.15, -0.1) is 5.10 Å². The van der Waals surface area contributed by atoms with Crippen molar-refractivity contribution >= 4 is 17.4 Å². The van der Waals surface area contributed by atoms with Crippen LogP contribution in [0.15, 0.2) is 57.7 Å². The van der Waals surface area contributed by atoms with Crippen molar-refractivity contribution in [2.75, 3.05) is 0 Å². The molecule has 5 nitrogen and oxygen atoms in total. The molecule has 3 rings (SSSR count). The molecule has 7 heteroatoms. The molecule has 0 aliphatic rings. The molecule has 0 radical (unpaired) electrons. The average molecular weight is 333 g/mol. The summed E-state index contributed by atoms with van der Waals surface area (Å²) in [5, 5.41) is 4.47. The van der Waals surface area contributed by atoms with E-state index in [0.717, 1.165) is 4.68 Å². The molecule has 2 aromatic carbocycles. The van der Waals surface area contributed by atoms with E-state index in [-0.39, 0.29) is 18.2 Å². The third-order valence-electron chi connectivity index (χ3n) is 3.16. The van der Waals surface area contributed by atoms with Gasteiger partial charge in [0.25, 0.3) is 0 Å². The van der Waals surface area contributed by atoms with E-state index in [1.807, 2.05) is 0 Å². The Kier molecular flexibility index (Phi) is 4.08. The molecule has 0 aliphatic heterocycles. The maximum Gasteiger partial charge on any atom is 0.437 e. The summed E-state index contributed by atoms with van der Waals surface area (Å²) < 4.78 is 18.8. The van der Waals surface area contributed by atoms with Crippen LogP contribution in [0.4, 0.5) is 4.39 Å². The lowest BCUT2D eigenvalue weighted by atomic mass is 10.1. The SMILES string of the molecule is O=C(Cn1nc(-c2ccc(F)cc2)oc1=O)c1ccc(Cl)cc1. The van der Waals surface area contributed by atoms with E-state index in [1.54, 1.807) is 24.3 Å². The zero-order valence-electron chi connectivity index (χ0n) is 11.7. The van der Waals surface area contributed by atoms with Gasteiger partial charge in [-0.3, -0.25) is 4.79 Å². The van der Waals surface area contributed by atoms with Crippen molar-refractivity contribution in [1.29, 1.82) is 0 Å².